The fourth-order valence-corrected chi connectivity index (χ4v) is 4.40. The summed E-state index contributed by atoms with van der Waals surface area (Å²) < 4.78 is 18.5. The van der Waals surface area contributed by atoms with E-state index in [9.17, 15) is 14.0 Å². The predicted octanol–water partition coefficient (Wildman–Crippen LogP) is 3.85. The maximum Gasteiger partial charge on any atom is 0.229 e. The van der Waals surface area contributed by atoms with Crippen LogP contribution in [0.25, 0.3) is 11.3 Å². The molecule has 0 unspecified atom stereocenters. The topological polar surface area (TPSA) is 75.4 Å². The molecule has 1 aromatic heterocycles. The van der Waals surface area contributed by atoms with Crippen LogP contribution in [0.3, 0.4) is 0 Å². The van der Waals surface area contributed by atoms with Crippen LogP contribution < -0.4 is 5.32 Å². The first kappa shape index (κ1) is 23.1. The van der Waals surface area contributed by atoms with Gasteiger partial charge in [-0.15, -0.1) is 0 Å². The Morgan fingerprint density at radius 1 is 1.29 bits per heavy atom. The number of halogens is 1. The van der Waals surface area contributed by atoms with Crippen LogP contribution in [-0.2, 0) is 16.0 Å². The number of amides is 1. The minimum absolute atomic E-state index is 0.0484. The molecule has 168 valence electrons. The van der Waals surface area contributed by atoms with E-state index in [1.54, 1.807) is 23.1 Å². The third kappa shape index (κ3) is 5.58. The van der Waals surface area contributed by atoms with Gasteiger partial charge in [-0.2, -0.15) is 0 Å². The van der Waals surface area contributed by atoms with Crippen molar-refractivity contribution in [2.75, 3.05) is 13.1 Å². The highest BCUT2D eigenvalue weighted by molar-refractivity contribution is 5.84. The zero-order chi connectivity index (χ0) is 22.6. The molecule has 1 aromatic carbocycles. The predicted molar refractivity (Wildman–Crippen MR) is 117 cm³/mol. The number of carbonyl (C=O) groups is 2. The van der Waals surface area contributed by atoms with Gasteiger partial charge in [-0.1, -0.05) is 32.9 Å². The van der Waals surface area contributed by atoms with Crippen molar-refractivity contribution >= 4 is 12.2 Å². The third-order valence-electron chi connectivity index (χ3n) is 5.70. The van der Waals surface area contributed by atoms with E-state index in [2.05, 4.69) is 38.2 Å². The minimum atomic E-state index is -0.859. The zero-order valence-electron chi connectivity index (χ0n) is 18.7. The molecule has 7 heteroatoms. The van der Waals surface area contributed by atoms with Crippen molar-refractivity contribution in [1.82, 2.24) is 15.4 Å². The Bertz CT molecular complexity index is 894. The van der Waals surface area contributed by atoms with Gasteiger partial charge in [0.1, 0.15) is 17.6 Å². The first-order chi connectivity index (χ1) is 14.7. The summed E-state index contributed by atoms with van der Waals surface area (Å²) in [5.74, 6) is 0.758. The second-order valence-corrected chi connectivity index (χ2v) is 9.40. The average Bonchev–Trinajstić information content (AvgIpc) is 3.17. The van der Waals surface area contributed by atoms with Crippen molar-refractivity contribution in [3.8, 4) is 11.3 Å². The van der Waals surface area contributed by atoms with Crippen LogP contribution >= 0.6 is 0 Å². The summed E-state index contributed by atoms with van der Waals surface area (Å²) in [5, 5.41) is 7.52. The van der Waals surface area contributed by atoms with Gasteiger partial charge in [0.15, 0.2) is 5.76 Å². The summed E-state index contributed by atoms with van der Waals surface area (Å²) in [6, 6.07) is 7.76. The molecule has 1 N–H and O–H groups in total. The minimum Gasteiger partial charge on any atom is -0.356 e. The van der Waals surface area contributed by atoms with Crippen LogP contribution in [0.1, 0.15) is 46.2 Å². The number of aldehydes is 1. The molecular weight excluding hydrogens is 397 g/mol. The van der Waals surface area contributed by atoms with E-state index in [0.29, 0.717) is 42.4 Å². The molecule has 3 rings (SSSR count). The lowest BCUT2D eigenvalue weighted by molar-refractivity contribution is -0.145. The molecule has 0 aliphatic carbocycles. The molecular formula is C24H32FN3O3. The molecule has 2 aromatic rings. The average molecular weight is 430 g/mol. The van der Waals surface area contributed by atoms with Crippen LogP contribution in [0.4, 0.5) is 4.39 Å². The number of benzene rings is 1. The standard InChI is InChI=1S/C24H32FN3O3/c1-16(2)9-21-13-28(24(15-29,14-26-21)12-17(3)4)23(30)11-20-10-22(31-27-20)18-5-7-19(25)8-6-18/h5-8,10,15-17,21,26H,9,11-14H2,1-4H3/t21-,24-/m0/s1. The molecule has 1 amide bonds. The Kier molecular flexibility index (Phi) is 7.26. The number of nitrogens with zero attached hydrogens (tertiary/aromatic N) is 2. The first-order valence-electron chi connectivity index (χ1n) is 10.9. The SMILES string of the molecule is CC(C)C[C@H]1CN(C(=O)Cc2cc(-c3ccc(F)cc3)on2)[C@@](C=O)(CC(C)C)CN1. The molecule has 1 fully saturated rings. The number of aromatic nitrogens is 1. The highest BCUT2D eigenvalue weighted by Gasteiger charge is 2.44. The molecule has 0 saturated carbocycles. The van der Waals surface area contributed by atoms with E-state index < -0.39 is 5.54 Å². The fraction of sp³-hybridized carbons (Fsp3) is 0.542. The second-order valence-electron chi connectivity index (χ2n) is 9.40. The number of rotatable bonds is 8. The Balaban J connectivity index is 1.80. The molecule has 2 atom stereocenters. The number of carbonyl (C=O) groups excluding carboxylic acids is 2. The first-order valence-corrected chi connectivity index (χ1v) is 10.9. The van der Waals surface area contributed by atoms with Crippen LogP contribution in [0.15, 0.2) is 34.9 Å². The number of hydrogen-bond donors (Lipinski definition) is 1. The van der Waals surface area contributed by atoms with Crippen LogP contribution in [-0.4, -0.2) is 46.9 Å². The van der Waals surface area contributed by atoms with Crippen LogP contribution in [0.2, 0.25) is 0 Å². The highest BCUT2D eigenvalue weighted by atomic mass is 19.1. The Hall–Kier alpha value is -2.54. The fourth-order valence-electron chi connectivity index (χ4n) is 4.40. The Morgan fingerprint density at radius 3 is 2.61 bits per heavy atom. The third-order valence-corrected chi connectivity index (χ3v) is 5.70. The number of hydrogen-bond acceptors (Lipinski definition) is 5. The van der Waals surface area contributed by atoms with Gasteiger partial charge in [0.25, 0.3) is 0 Å². The van der Waals surface area contributed by atoms with Crippen LogP contribution in [0, 0.1) is 17.7 Å². The van der Waals surface area contributed by atoms with Crippen molar-refractivity contribution in [2.24, 2.45) is 11.8 Å². The zero-order valence-corrected chi connectivity index (χ0v) is 18.7. The summed E-state index contributed by atoms with van der Waals surface area (Å²) in [5.41, 5.74) is 0.323. The summed E-state index contributed by atoms with van der Waals surface area (Å²) in [6.07, 6.45) is 2.51. The van der Waals surface area contributed by atoms with Gasteiger partial charge in [0, 0.05) is 30.8 Å². The van der Waals surface area contributed by atoms with Crippen molar-refractivity contribution in [1.29, 1.82) is 0 Å². The monoisotopic (exact) mass is 429 g/mol. The highest BCUT2D eigenvalue weighted by Crippen LogP contribution is 2.28. The van der Waals surface area contributed by atoms with Crippen molar-refractivity contribution < 1.29 is 18.5 Å². The quantitative estimate of drug-likeness (QED) is 0.645. The molecule has 1 aliphatic rings. The van der Waals surface area contributed by atoms with E-state index in [-0.39, 0.29) is 30.1 Å². The van der Waals surface area contributed by atoms with Gasteiger partial charge in [0.05, 0.1) is 12.1 Å². The second kappa shape index (κ2) is 9.73. The van der Waals surface area contributed by atoms with E-state index in [4.69, 9.17) is 4.52 Å². The van der Waals surface area contributed by atoms with Crippen molar-refractivity contribution in [2.45, 2.75) is 58.5 Å². The molecule has 31 heavy (non-hydrogen) atoms. The summed E-state index contributed by atoms with van der Waals surface area (Å²) in [6.45, 7) is 9.36. The van der Waals surface area contributed by atoms with Crippen molar-refractivity contribution in [3.63, 3.8) is 0 Å². The Morgan fingerprint density at radius 2 is 2.00 bits per heavy atom. The summed E-state index contributed by atoms with van der Waals surface area (Å²) in [7, 11) is 0. The summed E-state index contributed by atoms with van der Waals surface area (Å²) >= 11 is 0. The van der Waals surface area contributed by atoms with Crippen LogP contribution in [0.5, 0.6) is 0 Å². The smallest absolute Gasteiger partial charge is 0.229 e. The van der Waals surface area contributed by atoms with E-state index in [0.717, 1.165) is 12.7 Å². The molecule has 1 aliphatic heterocycles. The molecule has 0 bridgehead atoms. The Labute approximate surface area is 183 Å². The maximum absolute atomic E-state index is 13.4. The van der Waals surface area contributed by atoms with E-state index in [1.165, 1.54) is 12.1 Å². The van der Waals surface area contributed by atoms with Gasteiger partial charge < -0.3 is 19.5 Å². The summed E-state index contributed by atoms with van der Waals surface area (Å²) in [4.78, 5) is 27.3. The van der Waals surface area contributed by atoms with E-state index in [1.807, 2.05) is 0 Å². The molecule has 0 spiro atoms. The molecule has 6 nitrogen and oxygen atoms in total. The largest absolute Gasteiger partial charge is 0.356 e. The van der Waals surface area contributed by atoms with E-state index >= 15 is 0 Å². The lowest BCUT2D eigenvalue weighted by Gasteiger charge is -2.48. The maximum atomic E-state index is 13.4. The lowest BCUT2D eigenvalue weighted by atomic mass is 9.84. The molecule has 1 saturated heterocycles. The van der Waals surface area contributed by atoms with Gasteiger partial charge in [-0.25, -0.2) is 4.39 Å². The number of nitrogens with one attached hydrogen (secondary N) is 1. The lowest BCUT2D eigenvalue weighted by Crippen LogP contribution is -2.67. The van der Waals surface area contributed by atoms with Gasteiger partial charge >= 0.3 is 0 Å². The van der Waals surface area contributed by atoms with Gasteiger partial charge in [-0.3, -0.25) is 4.79 Å². The number of piperazine rings is 1. The van der Waals surface area contributed by atoms with Gasteiger partial charge in [-0.05, 0) is 48.9 Å². The normalized spacial score (nSPS) is 21.6. The van der Waals surface area contributed by atoms with Crippen molar-refractivity contribution in [3.05, 3.63) is 41.8 Å². The van der Waals surface area contributed by atoms with Gasteiger partial charge in [0.2, 0.25) is 5.91 Å². The molecule has 0 radical (unpaired) electrons. The molecule has 2 heterocycles.